The summed E-state index contributed by atoms with van der Waals surface area (Å²) < 4.78 is 17.8. The highest BCUT2D eigenvalue weighted by Crippen LogP contribution is 2.22. The monoisotopic (exact) mass is 225 g/mol. The summed E-state index contributed by atoms with van der Waals surface area (Å²) in [5.74, 6) is -0.741. The molecule has 0 aliphatic rings. The van der Waals surface area contributed by atoms with Crippen LogP contribution < -0.4 is 5.73 Å². The van der Waals surface area contributed by atoms with Gasteiger partial charge in [0, 0.05) is 5.54 Å². The smallest absolute Gasteiger partial charge is 0.307 e. The molecule has 4 heteroatoms. The number of nitrogens with two attached hydrogens (primary N) is 1. The van der Waals surface area contributed by atoms with E-state index in [1.807, 2.05) is 0 Å². The van der Waals surface area contributed by atoms with Crippen molar-refractivity contribution in [3.8, 4) is 0 Å². The maximum atomic E-state index is 13.0. The molecular weight excluding hydrogens is 209 g/mol. The summed E-state index contributed by atoms with van der Waals surface area (Å²) in [6.07, 6.45) is 0.0320. The Bertz CT molecular complexity index is 377. The van der Waals surface area contributed by atoms with E-state index in [1.165, 1.54) is 12.1 Å². The molecule has 1 aromatic rings. The average Bonchev–Trinajstić information content (AvgIpc) is 2.17. The number of esters is 1. The van der Waals surface area contributed by atoms with Crippen LogP contribution in [0.5, 0.6) is 0 Å². The minimum atomic E-state index is -0.908. The van der Waals surface area contributed by atoms with E-state index in [-0.39, 0.29) is 18.2 Å². The number of hydrogen-bond acceptors (Lipinski definition) is 3. The first kappa shape index (κ1) is 12.6. The van der Waals surface area contributed by atoms with E-state index in [2.05, 4.69) is 0 Å². The van der Waals surface area contributed by atoms with Gasteiger partial charge < -0.3 is 10.5 Å². The SMILES string of the molecule is CCOC(=O)CC(C)(N)c1cccc(F)c1. The molecule has 2 N–H and O–H groups in total. The summed E-state index contributed by atoms with van der Waals surface area (Å²) in [5.41, 5.74) is 5.65. The molecule has 88 valence electrons. The predicted molar refractivity (Wildman–Crippen MR) is 59.2 cm³/mol. The van der Waals surface area contributed by atoms with Crippen LogP contribution in [0.3, 0.4) is 0 Å². The van der Waals surface area contributed by atoms with Crippen LogP contribution in [-0.4, -0.2) is 12.6 Å². The van der Waals surface area contributed by atoms with Crippen LogP contribution >= 0.6 is 0 Å². The van der Waals surface area contributed by atoms with E-state index < -0.39 is 5.54 Å². The fourth-order valence-corrected chi connectivity index (χ4v) is 1.46. The minimum absolute atomic E-state index is 0.0320. The summed E-state index contributed by atoms with van der Waals surface area (Å²) in [7, 11) is 0. The third-order valence-electron chi connectivity index (χ3n) is 2.30. The molecule has 1 aromatic carbocycles. The average molecular weight is 225 g/mol. The van der Waals surface area contributed by atoms with Gasteiger partial charge in [-0.2, -0.15) is 0 Å². The van der Waals surface area contributed by atoms with Gasteiger partial charge in [0.25, 0.3) is 0 Å². The van der Waals surface area contributed by atoms with Crippen LogP contribution in [0.25, 0.3) is 0 Å². The van der Waals surface area contributed by atoms with Crippen LogP contribution in [0.2, 0.25) is 0 Å². The van der Waals surface area contributed by atoms with Gasteiger partial charge in [-0.05, 0) is 31.5 Å². The zero-order chi connectivity index (χ0) is 12.2. The van der Waals surface area contributed by atoms with E-state index >= 15 is 0 Å². The molecule has 0 amide bonds. The van der Waals surface area contributed by atoms with E-state index in [9.17, 15) is 9.18 Å². The van der Waals surface area contributed by atoms with Gasteiger partial charge in [-0.3, -0.25) is 4.79 Å². The first-order valence-electron chi connectivity index (χ1n) is 5.16. The predicted octanol–water partition coefficient (Wildman–Crippen LogP) is 1.95. The normalized spacial score (nSPS) is 14.2. The first-order valence-corrected chi connectivity index (χ1v) is 5.16. The van der Waals surface area contributed by atoms with Gasteiger partial charge in [0.1, 0.15) is 5.82 Å². The van der Waals surface area contributed by atoms with Crippen molar-refractivity contribution in [2.24, 2.45) is 5.73 Å². The summed E-state index contributed by atoms with van der Waals surface area (Å²) in [5, 5.41) is 0. The number of carbonyl (C=O) groups excluding carboxylic acids is 1. The minimum Gasteiger partial charge on any atom is -0.466 e. The summed E-state index contributed by atoms with van der Waals surface area (Å²) in [4.78, 5) is 11.3. The van der Waals surface area contributed by atoms with E-state index in [0.29, 0.717) is 12.2 Å². The molecule has 0 aliphatic carbocycles. The number of rotatable bonds is 4. The molecule has 0 spiro atoms. The second-order valence-corrected chi connectivity index (χ2v) is 3.91. The Morgan fingerprint density at radius 1 is 1.56 bits per heavy atom. The molecule has 0 aliphatic heterocycles. The van der Waals surface area contributed by atoms with E-state index in [1.54, 1.807) is 26.0 Å². The Labute approximate surface area is 94.4 Å². The molecule has 0 heterocycles. The highest BCUT2D eigenvalue weighted by Gasteiger charge is 2.25. The lowest BCUT2D eigenvalue weighted by Gasteiger charge is -2.24. The molecule has 1 atom stereocenters. The number of carbonyl (C=O) groups is 1. The largest absolute Gasteiger partial charge is 0.466 e. The Kier molecular flexibility index (Phi) is 4.01. The Hall–Kier alpha value is -1.42. The standard InChI is InChI=1S/C12H16FNO2/c1-3-16-11(15)8-12(2,14)9-5-4-6-10(13)7-9/h4-7H,3,8,14H2,1-2H3. The fraction of sp³-hybridized carbons (Fsp3) is 0.417. The van der Waals surface area contributed by atoms with Gasteiger partial charge in [-0.15, -0.1) is 0 Å². The molecular formula is C12H16FNO2. The lowest BCUT2D eigenvalue weighted by atomic mass is 9.90. The second-order valence-electron chi connectivity index (χ2n) is 3.91. The third-order valence-corrected chi connectivity index (χ3v) is 2.30. The molecule has 3 nitrogen and oxygen atoms in total. The summed E-state index contributed by atoms with van der Waals surface area (Å²) in [6, 6.07) is 5.94. The number of hydrogen-bond donors (Lipinski definition) is 1. The van der Waals surface area contributed by atoms with Crippen LogP contribution in [0, 0.1) is 5.82 Å². The van der Waals surface area contributed by atoms with Gasteiger partial charge in [-0.25, -0.2) is 4.39 Å². The molecule has 1 rings (SSSR count). The van der Waals surface area contributed by atoms with Crippen LogP contribution in [0.15, 0.2) is 24.3 Å². The van der Waals surface area contributed by atoms with Gasteiger partial charge in [0.05, 0.1) is 13.0 Å². The second kappa shape index (κ2) is 5.07. The van der Waals surface area contributed by atoms with Gasteiger partial charge in [0.15, 0.2) is 0 Å². The number of ether oxygens (including phenoxy) is 1. The van der Waals surface area contributed by atoms with Gasteiger partial charge >= 0.3 is 5.97 Å². The van der Waals surface area contributed by atoms with Crippen molar-refractivity contribution in [1.82, 2.24) is 0 Å². The zero-order valence-electron chi connectivity index (χ0n) is 9.50. The van der Waals surface area contributed by atoms with Crippen molar-refractivity contribution >= 4 is 5.97 Å². The lowest BCUT2D eigenvalue weighted by molar-refractivity contribution is -0.144. The van der Waals surface area contributed by atoms with Crippen molar-refractivity contribution in [2.75, 3.05) is 6.61 Å². The quantitative estimate of drug-likeness (QED) is 0.797. The molecule has 16 heavy (non-hydrogen) atoms. The molecule has 0 radical (unpaired) electrons. The molecule has 1 unspecified atom stereocenters. The van der Waals surface area contributed by atoms with Crippen LogP contribution in [0.4, 0.5) is 4.39 Å². The molecule has 0 aromatic heterocycles. The summed E-state index contributed by atoms with van der Waals surface area (Å²) >= 11 is 0. The first-order chi connectivity index (χ1) is 7.45. The molecule has 0 saturated heterocycles. The van der Waals surface area contributed by atoms with Crippen LogP contribution in [-0.2, 0) is 15.1 Å². The number of benzene rings is 1. The van der Waals surface area contributed by atoms with Gasteiger partial charge in [-0.1, -0.05) is 12.1 Å². The van der Waals surface area contributed by atoms with E-state index in [4.69, 9.17) is 10.5 Å². The zero-order valence-corrected chi connectivity index (χ0v) is 9.50. The van der Waals surface area contributed by atoms with Crippen molar-refractivity contribution in [3.63, 3.8) is 0 Å². The maximum absolute atomic E-state index is 13.0. The molecule has 0 saturated carbocycles. The molecule has 0 fully saturated rings. The van der Waals surface area contributed by atoms with E-state index in [0.717, 1.165) is 0 Å². The van der Waals surface area contributed by atoms with Crippen molar-refractivity contribution in [1.29, 1.82) is 0 Å². The van der Waals surface area contributed by atoms with Gasteiger partial charge in [0.2, 0.25) is 0 Å². The Morgan fingerprint density at radius 2 is 2.25 bits per heavy atom. The Morgan fingerprint density at radius 3 is 2.81 bits per heavy atom. The fourth-order valence-electron chi connectivity index (χ4n) is 1.46. The number of halogens is 1. The third kappa shape index (κ3) is 3.31. The maximum Gasteiger partial charge on any atom is 0.307 e. The van der Waals surface area contributed by atoms with Crippen molar-refractivity contribution < 1.29 is 13.9 Å². The van der Waals surface area contributed by atoms with Crippen molar-refractivity contribution in [3.05, 3.63) is 35.6 Å². The van der Waals surface area contributed by atoms with Crippen molar-refractivity contribution in [2.45, 2.75) is 25.8 Å². The Balaban J connectivity index is 2.81. The molecule has 0 bridgehead atoms. The summed E-state index contributed by atoms with van der Waals surface area (Å²) in [6.45, 7) is 3.73. The highest BCUT2D eigenvalue weighted by molar-refractivity contribution is 5.71. The highest BCUT2D eigenvalue weighted by atomic mass is 19.1. The lowest BCUT2D eigenvalue weighted by Crippen LogP contribution is -2.36. The topological polar surface area (TPSA) is 52.3 Å². The van der Waals surface area contributed by atoms with Crippen LogP contribution in [0.1, 0.15) is 25.8 Å².